The fourth-order valence-electron chi connectivity index (χ4n) is 1.85. The Kier molecular flexibility index (Phi) is 5.54. The molecule has 0 radical (unpaired) electrons. The summed E-state index contributed by atoms with van der Waals surface area (Å²) in [5, 5.41) is 3.09. The van der Waals surface area contributed by atoms with Crippen molar-refractivity contribution in [2.24, 2.45) is 0 Å². The molecule has 0 saturated heterocycles. The number of ether oxygens (including phenoxy) is 1. The molecule has 0 fully saturated rings. The zero-order valence-corrected chi connectivity index (χ0v) is 14.5. The van der Waals surface area contributed by atoms with E-state index < -0.39 is 0 Å². The van der Waals surface area contributed by atoms with Gasteiger partial charge in [-0.2, -0.15) is 4.98 Å². The first-order chi connectivity index (χ1) is 10.5. The smallest absolute Gasteiger partial charge is 0.224 e. The van der Waals surface area contributed by atoms with E-state index in [1.54, 1.807) is 12.4 Å². The lowest BCUT2D eigenvalue weighted by Crippen LogP contribution is -2.07. The Morgan fingerprint density at radius 2 is 2.05 bits per heavy atom. The van der Waals surface area contributed by atoms with Crippen LogP contribution in [0.5, 0.6) is 11.5 Å². The number of halogens is 1. The summed E-state index contributed by atoms with van der Waals surface area (Å²) in [6.07, 6.45) is 4.36. The number of hydrogen-bond acceptors (Lipinski definition) is 6. The molecule has 6 nitrogen and oxygen atoms in total. The zero-order valence-electron chi connectivity index (χ0n) is 12.9. The second kappa shape index (κ2) is 7.40. The maximum Gasteiger partial charge on any atom is 0.224 e. The third-order valence-electron chi connectivity index (χ3n) is 3.02. The summed E-state index contributed by atoms with van der Waals surface area (Å²) >= 11 is 3.35. The molecule has 0 atom stereocenters. The fraction of sp³-hybridized carbons (Fsp3) is 0.400. The van der Waals surface area contributed by atoms with E-state index in [0.29, 0.717) is 27.9 Å². The Bertz CT molecular complexity index is 648. The second-order valence-corrected chi connectivity index (χ2v) is 5.98. The SMILES string of the molecule is CCCNc1ncc(Oc2cc(Br)ncc2C(C)C)c(N)n1. The van der Waals surface area contributed by atoms with E-state index in [1.807, 2.05) is 6.07 Å². The van der Waals surface area contributed by atoms with E-state index in [2.05, 4.69) is 57.0 Å². The predicted molar refractivity (Wildman–Crippen MR) is 91.3 cm³/mol. The van der Waals surface area contributed by atoms with Crippen molar-refractivity contribution >= 4 is 27.7 Å². The molecule has 0 saturated carbocycles. The van der Waals surface area contributed by atoms with Crippen molar-refractivity contribution in [1.82, 2.24) is 15.0 Å². The molecule has 0 spiro atoms. The van der Waals surface area contributed by atoms with Crippen molar-refractivity contribution in [3.63, 3.8) is 0 Å². The number of hydrogen-bond donors (Lipinski definition) is 2. The Labute approximate surface area is 138 Å². The van der Waals surface area contributed by atoms with Crippen molar-refractivity contribution in [3.8, 4) is 11.5 Å². The van der Waals surface area contributed by atoms with Gasteiger partial charge in [0.2, 0.25) is 5.95 Å². The molecule has 0 aliphatic heterocycles. The quantitative estimate of drug-likeness (QED) is 0.753. The molecule has 2 aromatic heterocycles. The molecule has 0 aromatic carbocycles. The van der Waals surface area contributed by atoms with Crippen LogP contribution in [-0.2, 0) is 0 Å². The van der Waals surface area contributed by atoms with Crippen LogP contribution >= 0.6 is 15.9 Å². The van der Waals surface area contributed by atoms with Crippen molar-refractivity contribution < 1.29 is 4.74 Å². The van der Waals surface area contributed by atoms with Crippen molar-refractivity contribution in [2.45, 2.75) is 33.1 Å². The van der Waals surface area contributed by atoms with Crippen LogP contribution in [0.25, 0.3) is 0 Å². The highest BCUT2D eigenvalue weighted by Gasteiger charge is 2.13. The molecule has 22 heavy (non-hydrogen) atoms. The second-order valence-electron chi connectivity index (χ2n) is 5.17. The minimum atomic E-state index is 0.281. The van der Waals surface area contributed by atoms with Crippen molar-refractivity contribution in [3.05, 3.63) is 28.6 Å². The lowest BCUT2D eigenvalue weighted by Gasteiger charge is -2.14. The normalized spacial score (nSPS) is 10.8. The Morgan fingerprint density at radius 1 is 1.27 bits per heavy atom. The van der Waals surface area contributed by atoms with Crippen molar-refractivity contribution in [2.75, 3.05) is 17.6 Å². The van der Waals surface area contributed by atoms with E-state index in [9.17, 15) is 0 Å². The van der Waals surface area contributed by atoms with E-state index in [-0.39, 0.29) is 5.92 Å². The van der Waals surface area contributed by atoms with Gasteiger partial charge in [0.1, 0.15) is 10.4 Å². The molecule has 0 amide bonds. The minimum Gasteiger partial charge on any atom is -0.451 e. The number of pyridine rings is 1. The number of nitrogens with zero attached hydrogens (tertiary/aromatic N) is 3. The first-order valence-corrected chi connectivity index (χ1v) is 8.00. The number of rotatable bonds is 6. The fourth-order valence-corrected chi connectivity index (χ4v) is 2.16. The highest BCUT2D eigenvalue weighted by atomic mass is 79.9. The monoisotopic (exact) mass is 365 g/mol. The standard InChI is InChI=1S/C15H20BrN5O/c1-4-5-18-15-20-8-12(14(17)21-15)22-11-6-13(16)19-7-10(11)9(2)3/h6-9H,4-5H2,1-3H3,(H3,17,18,20,21). The van der Waals surface area contributed by atoms with Gasteiger partial charge in [-0.15, -0.1) is 0 Å². The van der Waals surface area contributed by atoms with Crippen LogP contribution in [0.15, 0.2) is 23.1 Å². The maximum atomic E-state index is 5.96. The van der Waals surface area contributed by atoms with Gasteiger partial charge in [-0.3, -0.25) is 0 Å². The molecular weight excluding hydrogens is 346 g/mol. The minimum absolute atomic E-state index is 0.281. The van der Waals surface area contributed by atoms with E-state index in [0.717, 1.165) is 18.5 Å². The summed E-state index contributed by atoms with van der Waals surface area (Å²) in [5.74, 6) is 2.22. The van der Waals surface area contributed by atoms with Gasteiger partial charge in [0.15, 0.2) is 11.6 Å². The first-order valence-electron chi connectivity index (χ1n) is 7.21. The summed E-state index contributed by atoms with van der Waals surface area (Å²) in [7, 11) is 0. The van der Waals surface area contributed by atoms with E-state index in [4.69, 9.17) is 10.5 Å². The average Bonchev–Trinajstić information content (AvgIpc) is 2.47. The molecule has 3 N–H and O–H groups in total. The first kappa shape index (κ1) is 16.5. The number of nitrogens with one attached hydrogen (secondary N) is 1. The molecule has 0 aliphatic carbocycles. The van der Waals surface area contributed by atoms with Crippen LogP contribution in [0.1, 0.15) is 38.7 Å². The molecule has 2 heterocycles. The third kappa shape index (κ3) is 4.07. The van der Waals surface area contributed by atoms with Gasteiger partial charge >= 0.3 is 0 Å². The number of aromatic nitrogens is 3. The average molecular weight is 366 g/mol. The molecule has 0 bridgehead atoms. The molecule has 0 unspecified atom stereocenters. The van der Waals surface area contributed by atoms with Crippen LogP contribution in [0.4, 0.5) is 11.8 Å². The third-order valence-corrected chi connectivity index (χ3v) is 3.45. The van der Waals surface area contributed by atoms with Gasteiger partial charge in [0, 0.05) is 24.4 Å². The Morgan fingerprint density at radius 3 is 2.68 bits per heavy atom. The van der Waals surface area contributed by atoms with Crippen LogP contribution < -0.4 is 15.8 Å². The number of nitrogen functional groups attached to an aromatic ring is 1. The Balaban J connectivity index is 2.25. The molecule has 2 aromatic rings. The molecular formula is C15H20BrN5O. The lowest BCUT2D eigenvalue weighted by atomic mass is 10.1. The summed E-state index contributed by atoms with van der Waals surface area (Å²) in [4.78, 5) is 12.7. The summed E-state index contributed by atoms with van der Waals surface area (Å²) in [6, 6.07) is 1.82. The summed E-state index contributed by atoms with van der Waals surface area (Å²) in [5.41, 5.74) is 6.96. The number of anilines is 2. The molecule has 0 aliphatic rings. The molecule has 7 heteroatoms. The van der Waals surface area contributed by atoms with E-state index in [1.165, 1.54) is 0 Å². The maximum absolute atomic E-state index is 5.96. The predicted octanol–water partition coefficient (Wildman–Crippen LogP) is 3.95. The topological polar surface area (TPSA) is 86.0 Å². The van der Waals surface area contributed by atoms with E-state index >= 15 is 0 Å². The van der Waals surface area contributed by atoms with Gasteiger partial charge < -0.3 is 15.8 Å². The summed E-state index contributed by atoms with van der Waals surface area (Å²) < 4.78 is 6.60. The van der Waals surface area contributed by atoms with Gasteiger partial charge in [0.05, 0.1) is 6.20 Å². The Hall–Kier alpha value is -1.89. The van der Waals surface area contributed by atoms with Crippen LogP contribution in [0.3, 0.4) is 0 Å². The van der Waals surface area contributed by atoms with Crippen LogP contribution in [0.2, 0.25) is 0 Å². The van der Waals surface area contributed by atoms with Gasteiger partial charge in [-0.05, 0) is 28.3 Å². The lowest BCUT2D eigenvalue weighted by molar-refractivity contribution is 0.469. The number of nitrogens with two attached hydrogens (primary N) is 1. The van der Waals surface area contributed by atoms with Gasteiger partial charge in [-0.25, -0.2) is 9.97 Å². The van der Waals surface area contributed by atoms with Crippen molar-refractivity contribution in [1.29, 1.82) is 0 Å². The van der Waals surface area contributed by atoms with Crippen LogP contribution in [0, 0.1) is 0 Å². The summed E-state index contributed by atoms with van der Waals surface area (Å²) in [6.45, 7) is 7.03. The highest BCUT2D eigenvalue weighted by Crippen LogP contribution is 2.33. The largest absolute Gasteiger partial charge is 0.451 e. The molecule has 118 valence electrons. The highest BCUT2D eigenvalue weighted by molar-refractivity contribution is 9.10. The van der Waals surface area contributed by atoms with Crippen LogP contribution in [-0.4, -0.2) is 21.5 Å². The zero-order chi connectivity index (χ0) is 16.1. The molecule has 2 rings (SSSR count). The van der Waals surface area contributed by atoms with Gasteiger partial charge in [0.25, 0.3) is 0 Å². The van der Waals surface area contributed by atoms with Gasteiger partial charge in [-0.1, -0.05) is 20.8 Å².